The van der Waals surface area contributed by atoms with E-state index in [1.807, 2.05) is 18.7 Å². The van der Waals surface area contributed by atoms with Crippen LogP contribution in [0.25, 0.3) is 0 Å². The molecule has 0 saturated carbocycles. The van der Waals surface area contributed by atoms with Crippen LogP contribution in [0.4, 0.5) is 4.39 Å². The van der Waals surface area contributed by atoms with Crippen molar-refractivity contribution in [3.8, 4) is 0 Å². The van der Waals surface area contributed by atoms with Crippen molar-refractivity contribution in [3.05, 3.63) is 35.6 Å². The second-order valence-corrected chi connectivity index (χ2v) is 5.91. The third-order valence-corrected chi connectivity index (χ3v) is 4.40. The molecule has 4 nitrogen and oxygen atoms in total. The third-order valence-electron chi connectivity index (χ3n) is 4.40. The molecule has 22 heavy (non-hydrogen) atoms. The molecule has 0 bridgehead atoms. The molecule has 1 amide bonds. The quantitative estimate of drug-likeness (QED) is 0.874. The molecule has 0 spiro atoms. The van der Waals surface area contributed by atoms with Crippen molar-refractivity contribution in [1.29, 1.82) is 0 Å². The maximum Gasteiger partial charge on any atom is 0.256 e. The predicted octanol–water partition coefficient (Wildman–Crippen LogP) is 2.02. The van der Waals surface area contributed by atoms with Gasteiger partial charge in [0.05, 0.1) is 0 Å². The number of halogens is 1. The summed E-state index contributed by atoms with van der Waals surface area (Å²) in [7, 11) is 0. The van der Waals surface area contributed by atoms with Gasteiger partial charge in [0.25, 0.3) is 5.91 Å². The zero-order valence-electron chi connectivity index (χ0n) is 13.4. The van der Waals surface area contributed by atoms with Crippen LogP contribution in [-0.4, -0.2) is 52.6 Å². The van der Waals surface area contributed by atoms with Crippen LogP contribution in [-0.2, 0) is 11.3 Å². The molecule has 1 N–H and O–H groups in total. The van der Waals surface area contributed by atoms with Gasteiger partial charge in [-0.15, -0.1) is 0 Å². The average Bonchev–Trinajstić information content (AvgIpc) is 2.52. The van der Waals surface area contributed by atoms with Crippen molar-refractivity contribution in [3.63, 3.8) is 0 Å². The first-order valence-corrected chi connectivity index (χ1v) is 7.97. The van der Waals surface area contributed by atoms with Crippen LogP contribution in [0.3, 0.4) is 0 Å². The lowest BCUT2D eigenvalue weighted by Gasteiger charge is -2.40. The van der Waals surface area contributed by atoms with E-state index in [1.165, 1.54) is 6.07 Å². The Morgan fingerprint density at radius 2 is 2.00 bits per heavy atom. The van der Waals surface area contributed by atoms with Crippen molar-refractivity contribution in [1.82, 2.24) is 9.80 Å². The van der Waals surface area contributed by atoms with Gasteiger partial charge >= 0.3 is 0 Å². The Morgan fingerprint density at radius 1 is 1.32 bits per heavy atom. The Balaban J connectivity index is 2.11. The predicted molar refractivity (Wildman–Crippen MR) is 83.8 cm³/mol. The summed E-state index contributed by atoms with van der Waals surface area (Å²) in [4.78, 5) is 16.3. The standard InChI is InChI=1S/C17H25FN2O2/c1-3-19(4-2)13-17(22)10-7-11-20(16(17)21)12-14-8-5-6-9-15(14)18/h5-6,8-9,22H,3-4,7,10-13H2,1-2H3/t17-/m1/s1. The van der Waals surface area contributed by atoms with Gasteiger partial charge in [-0.25, -0.2) is 4.39 Å². The fraction of sp³-hybridized carbons (Fsp3) is 0.588. The highest BCUT2D eigenvalue weighted by Gasteiger charge is 2.43. The maximum absolute atomic E-state index is 13.8. The molecule has 1 aromatic rings. The van der Waals surface area contributed by atoms with Gasteiger partial charge < -0.3 is 14.9 Å². The third kappa shape index (κ3) is 3.65. The molecule has 0 aliphatic carbocycles. The zero-order valence-corrected chi connectivity index (χ0v) is 13.4. The van der Waals surface area contributed by atoms with E-state index in [2.05, 4.69) is 0 Å². The van der Waals surface area contributed by atoms with E-state index in [4.69, 9.17) is 0 Å². The normalized spacial score (nSPS) is 22.4. The SMILES string of the molecule is CCN(CC)C[C@]1(O)CCCN(Cc2ccccc2F)C1=O. The maximum atomic E-state index is 13.8. The van der Waals surface area contributed by atoms with Crippen molar-refractivity contribution in [2.75, 3.05) is 26.2 Å². The van der Waals surface area contributed by atoms with Gasteiger partial charge in [0.2, 0.25) is 0 Å². The number of carbonyl (C=O) groups excluding carboxylic acids is 1. The second-order valence-electron chi connectivity index (χ2n) is 5.91. The molecule has 1 fully saturated rings. The lowest BCUT2D eigenvalue weighted by molar-refractivity contribution is -0.160. The number of rotatable bonds is 6. The highest BCUT2D eigenvalue weighted by Crippen LogP contribution is 2.25. The van der Waals surface area contributed by atoms with E-state index in [0.29, 0.717) is 25.1 Å². The molecule has 1 aliphatic heterocycles. The van der Waals surface area contributed by atoms with Crippen LogP contribution >= 0.6 is 0 Å². The number of piperidine rings is 1. The van der Waals surface area contributed by atoms with Crippen LogP contribution in [0.15, 0.2) is 24.3 Å². The molecule has 0 radical (unpaired) electrons. The fourth-order valence-electron chi connectivity index (χ4n) is 3.01. The summed E-state index contributed by atoms with van der Waals surface area (Å²) < 4.78 is 13.8. The van der Waals surface area contributed by atoms with E-state index in [0.717, 1.165) is 19.5 Å². The monoisotopic (exact) mass is 308 g/mol. The number of aliphatic hydroxyl groups is 1. The summed E-state index contributed by atoms with van der Waals surface area (Å²) in [6.45, 7) is 6.72. The Bertz CT molecular complexity index is 519. The van der Waals surface area contributed by atoms with Crippen LogP contribution in [0, 0.1) is 5.82 Å². The first kappa shape index (κ1) is 16.9. The minimum absolute atomic E-state index is 0.214. The summed E-state index contributed by atoms with van der Waals surface area (Å²) in [5, 5.41) is 10.8. The summed E-state index contributed by atoms with van der Waals surface area (Å²) >= 11 is 0. The smallest absolute Gasteiger partial charge is 0.256 e. The van der Waals surface area contributed by atoms with Crippen molar-refractivity contribution < 1.29 is 14.3 Å². The van der Waals surface area contributed by atoms with E-state index >= 15 is 0 Å². The summed E-state index contributed by atoms with van der Waals surface area (Å²) in [6, 6.07) is 6.47. The average molecular weight is 308 g/mol. The highest BCUT2D eigenvalue weighted by atomic mass is 19.1. The first-order chi connectivity index (χ1) is 10.5. The van der Waals surface area contributed by atoms with E-state index < -0.39 is 5.60 Å². The van der Waals surface area contributed by atoms with Crippen molar-refractivity contribution in [2.24, 2.45) is 0 Å². The number of hydrogen-bond donors (Lipinski definition) is 1. The molecule has 1 aliphatic rings. The first-order valence-electron chi connectivity index (χ1n) is 7.97. The number of benzene rings is 1. The molecule has 0 unspecified atom stereocenters. The minimum Gasteiger partial charge on any atom is -0.379 e. The Morgan fingerprint density at radius 3 is 2.64 bits per heavy atom. The Kier molecular flexibility index (Phi) is 5.53. The molecule has 1 saturated heterocycles. The van der Waals surface area contributed by atoms with Crippen LogP contribution in [0.1, 0.15) is 32.3 Å². The van der Waals surface area contributed by atoms with Gasteiger partial charge in [0.15, 0.2) is 5.60 Å². The molecular formula is C17H25FN2O2. The van der Waals surface area contributed by atoms with Gasteiger partial charge in [-0.1, -0.05) is 32.0 Å². The largest absolute Gasteiger partial charge is 0.379 e. The minimum atomic E-state index is -1.35. The van der Waals surface area contributed by atoms with Gasteiger partial charge in [0.1, 0.15) is 5.82 Å². The van der Waals surface area contributed by atoms with E-state index in [9.17, 15) is 14.3 Å². The number of nitrogens with zero attached hydrogens (tertiary/aromatic N) is 2. The molecule has 122 valence electrons. The second kappa shape index (κ2) is 7.20. The number of hydrogen-bond acceptors (Lipinski definition) is 3. The van der Waals surface area contributed by atoms with Gasteiger partial charge in [-0.05, 0) is 32.0 Å². The lowest BCUT2D eigenvalue weighted by atomic mass is 9.90. The molecule has 1 heterocycles. The number of carbonyl (C=O) groups is 1. The van der Waals surface area contributed by atoms with Crippen LogP contribution in [0.2, 0.25) is 0 Å². The van der Waals surface area contributed by atoms with Gasteiger partial charge in [0, 0.05) is 25.2 Å². The highest BCUT2D eigenvalue weighted by molar-refractivity contribution is 5.86. The van der Waals surface area contributed by atoms with Crippen LogP contribution < -0.4 is 0 Å². The Labute approximate surface area is 131 Å². The summed E-state index contributed by atoms with van der Waals surface area (Å²) in [5.74, 6) is -0.595. The molecule has 2 rings (SSSR count). The topological polar surface area (TPSA) is 43.8 Å². The van der Waals surface area contributed by atoms with Gasteiger partial charge in [-0.3, -0.25) is 4.79 Å². The Hall–Kier alpha value is -1.46. The zero-order chi connectivity index (χ0) is 16.2. The lowest BCUT2D eigenvalue weighted by Crippen LogP contribution is -2.58. The molecule has 1 aromatic carbocycles. The number of amides is 1. The molecule has 5 heteroatoms. The van der Waals surface area contributed by atoms with Crippen molar-refractivity contribution in [2.45, 2.75) is 38.8 Å². The van der Waals surface area contributed by atoms with E-state index in [-0.39, 0.29) is 18.3 Å². The summed E-state index contributed by atoms with van der Waals surface area (Å²) in [5.41, 5.74) is -0.863. The van der Waals surface area contributed by atoms with Crippen LogP contribution in [0.5, 0.6) is 0 Å². The van der Waals surface area contributed by atoms with Crippen molar-refractivity contribution >= 4 is 5.91 Å². The molecule has 1 atom stereocenters. The molecule has 0 aromatic heterocycles. The molecular weight excluding hydrogens is 283 g/mol. The summed E-state index contributed by atoms with van der Waals surface area (Å²) in [6.07, 6.45) is 1.20. The van der Waals surface area contributed by atoms with E-state index in [1.54, 1.807) is 23.1 Å². The number of likely N-dealkylation sites (tertiary alicyclic amines) is 1. The number of likely N-dealkylation sites (N-methyl/N-ethyl adjacent to an activating group) is 1. The fourth-order valence-corrected chi connectivity index (χ4v) is 3.01. The van der Waals surface area contributed by atoms with Gasteiger partial charge in [-0.2, -0.15) is 0 Å².